The summed E-state index contributed by atoms with van der Waals surface area (Å²) in [4.78, 5) is 1.26. The Morgan fingerprint density at radius 3 is 2.12 bits per heavy atom. The van der Waals surface area contributed by atoms with E-state index < -0.39 is 5.60 Å². The maximum Gasteiger partial charge on any atom is 0.0701 e. The maximum absolute atomic E-state index is 10.8. The molecule has 0 aliphatic rings. The second-order valence-corrected chi connectivity index (χ2v) is 7.64. The summed E-state index contributed by atoms with van der Waals surface area (Å²) in [5.74, 6) is 1.05. The molecule has 98 valence electrons. The van der Waals surface area contributed by atoms with Crippen molar-refractivity contribution in [1.82, 2.24) is 0 Å². The average molecular weight is 319 g/mol. The van der Waals surface area contributed by atoms with E-state index in [9.17, 15) is 5.11 Å². The smallest absolute Gasteiger partial charge is 0.0701 e. The number of halogens is 1. The molecule has 1 N–H and O–H groups in total. The van der Waals surface area contributed by atoms with Gasteiger partial charge in [-0.3, -0.25) is 0 Å². The van der Waals surface area contributed by atoms with E-state index in [2.05, 4.69) is 55.1 Å². The van der Waals surface area contributed by atoms with Crippen LogP contribution in [0.25, 0.3) is 0 Å². The van der Waals surface area contributed by atoms with Crippen molar-refractivity contribution in [3.63, 3.8) is 0 Å². The highest BCUT2D eigenvalue weighted by molar-refractivity contribution is 9.10. The predicted octanol–water partition coefficient (Wildman–Crippen LogP) is 4.88. The number of rotatable bonds is 6. The van der Waals surface area contributed by atoms with Crippen LogP contribution < -0.4 is 0 Å². The van der Waals surface area contributed by atoms with Gasteiger partial charge in [-0.15, -0.1) is 11.3 Å². The van der Waals surface area contributed by atoms with E-state index in [0.717, 1.165) is 23.7 Å². The van der Waals surface area contributed by atoms with Crippen molar-refractivity contribution in [2.45, 2.75) is 52.6 Å². The van der Waals surface area contributed by atoms with E-state index in [1.165, 1.54) is 4.88 Å². The maximum atomic E-state index is 10.8. The van der Waals surface area contributed by atoms with Crippen molar-refractivity contribution < 1.29 is 5.11 Å². The number of hydrogen-bond donors (Lipinski definition) is 1. The van der Waals surface area contributed by atoms with Crippen molar-refractivity contribution in [2.75, 3.05) is 0 Å². The van der Waals surface area contributed by atoms with Gasteiger partial charge in [0.1, 0.15) is 0 Å². The Morgan fingerprint density at radius 2 is 1.76 bits per heavy atom. The van der Waals surface area contributed by atoms with Gasteiger partial charge in [0.25, 0.3) is 0 Å². The van der Waals surface area contributed by atoms with Crippen LogP contribution in [0, 0.1) is 11.8 Å². The first-order valence-electron chi connectivity index (χ1n) is 6.26. The molecule has 17 heavy (non-hydrogen) atoms. The Balaban J connectivity index is 2.79. The van der Waals surface area contributed by atoms with Gasteiger partial charge in [-0.25, -0.2) is 0 Å². The summed E-state index contributed by atoms with van der Waals surface area (Å²) >= 11 is 5.27. The Morgan fingerprint density at radius 1 is 1.24 bits per heavy atom. The van der Waals surface area contributed by atoms with Gasteiger partial charge >= 0.3 is 0 Å². The minimum absolute atomic E-state index is 0.525. The third-order valence-corrected chi connectivity index (χ3v) is 4.68. The minimum Gasteiger partial charge on any atom is -0.389 e. The molecular weight excluding hydrogens is 296 g/mol. The zero-order valence-electron chi connectivity index (χ0n) is 11.2. The Bertz CT molecular complexity index is 334. The van der Waals surface area contributed by atoms with E-state index >= 15 is 0 Å². The topological polar surface area (TPSA) is 20.2 Å². The lowest BCUT2D eigenvalue weighted by atomic mass is 9.82. The summed E-state index contributed by atoms with van der Waals surface area (Å²) in [7, 11) is 0. The van der Waals surface area contributed by atoms with Crippen LogP contribution in [0.4, 0.5) is 0 Å². The summed E-state index contributed by atoms with van der Waals surface area (Å²) in [6, 6.07) is 2.06. The highest BCUT2D eigenvalue weighted by Gasteiger charge is 2.30. The first-order valence-corrected chi connectivity index (χ1v) is 7.94. The van der Waals surface area contributed by atoms with Gasteiger partial charge in [0.05, 0.1) is 5.60 Å². The highest BCUT2D eigenvalue weighted by Crippen LogP contribution is 2.33. The zero-order chi connectivity index (χ0) is 13.1. The molecule has 1 nitrogen and oxygen atoms in total. The quantitative estimate of drug-likeness (QED) is 0.792. The third kappa shape index (κ3) is 5.11. The van der Waals surface area contributed by atoms with E-state index in [1.54, 1.807) is 11.3 Å². The fourth-order valence-corrected chi connectivity index (χ4v) is 4.13. The van der Waals surface area contributed by atoms with Crippen LogP contribution >= 0.6 is 27.3 Å². The van der Waals surface area contributed by atoms with Crippen LogP contribution in [0.3, 0.4) is 0 Å². The van der Waals surface area contributed by atoms with Crippen LogP contribution in [0.5, 0.6) is 0 Å². The minimum atomic E-state index is -0.560. The number of thiophene rings is 1. The van der Waals surface area contributed by atoms with Gasteiger partial charge in [-0.05, 0) is 52.1 Å². The molecule has 3 heteroatoms. The molecule has 0 fully saturated rings. The molecule has 0 aliphatic carbocycles. The van der Waals surface area contributed by atoms with Crippen molar-refractivity contribution in [3.8, 4) is 0 Å². The molecule has 0 aromatic carbocycles. The molecule has 0 bridgehead atoms. The molecule has 0 spiro atoms. The summed E-state index contributed by atoms with van der Waals surface area (Å²) in [5, 5.41) is 12.9. The first-order chi connectivity index (χ1) is 7.82. The molecule has 0 atom stereocenters. The lowest BCUT2D eigenvalue weighted by molar-refractivity contribution is 0.00131. The van der Waals surface area contributed by atoms with Crippen LogP contribution in [0.15, 0.2) is 15.9 Å². The zero-order valence-corrected chi connectivity index (χ0v) is 13.6. The fourth-order valence-electron chi connectivity index (χ4n) is 2.50. The second kappa shape index (κ2) is 6.35. The molecule has 0 amide bonds. The molecule has 1 aromatic rings. The number of hydrogen-bond acceptors (Lipinski definition) is 2. The monoisotopic (exact) mass is 318 g/mol. The van der Waals surface area contributed by atoms with Crippen molar-refractivity contribution in [2.24, 2.45) is 11.8 Å². The van der Waals surface area contributed by atoms with Gasteiger partial charge in [-0.1, -0.05) is 27.7 Å². The summed E-state index contributed by atoms with van der Waals surface area (Å²) < 4.78 is 1.13. The van der Waals surface area contributed by atoms with E-state index in [4.69, 9.17) is 0 Å². The van der Waals surface area contributed by atoms with Gasteiger partial charge in [-0.2, -0.15) is 0 Å². The van der Waals surface area contributed by atoms with Crippen molar-refractivity contribution in [1.29, 1.82) is 0 Å². The molecule has 1 heterocycles. The Hall–Kier alpha value is 0.140. The SMILES string of the molecule is CC(C)CC(O)(Cc1sccc1Br)CC(C)C. The second-order valence-electron chi connectivity index (χ2n) is 5.79. The van der Waals surface area contributed by atoms with Crippen LogP contribution in [-0.4, -0.2) is 10.7 Å². The van der Waals surface area contributed by atoms with E-state index in [1.807, 2.05) is 0 Å². The van der Waals surface area contributed by atoms with Crippen LogP contribution in [0.2, 0.25) is 0 Å². The van der Waals surface area contributed by atoms with Crippen LogP contribution in [-0.2, 0) is 6.42 Å². The Labute approximate surface area is 117 Å². The normalized spacial score (nSPS) is 12.7. The molecule has 1 aromatic heterocycles. The highest BCUT2D eigenvalue weighted by atomic mass is 79.9. The Kier molecular flexibility index (Phi) is 5.68. The fraction of sp³-hybridized carbons (Fsp3) is 0.714. The lowest BCUT2D eigenvalue weighted by Crippen LogP contribution is -2.34. The largest absolute Gasteiger partial charge is 0.389 e. The van der Waals surface area contributed by atoms with E-state index in [-0.39, 0.29) is 0 Å². The molecule has 0 unspecified atom stereocenters. The third-order valence-electron chi connectivity index (χ3n) is 2.76. The van der Waals surface area contributed by atoms with E-state index in [0.29, 0.717) is 11.8 Å². The molecule has 0 aliphatic heterocycles. The standard InChI is InChI=1S/C14H23BrOS/c1-10(2)7-14(16,8-11(3)4)9-13-12(15)5-6-17-13/h5-6,10-11,16H,7-9H2,1-4H3. The van der Waals surface area contributed by atoms with Gasteiger partial charge in [0.15, 0.2) is 0 Å². The summed E-state index contributed by atoms with van der Waals surface area (Å²) in [6.45, 7) is 8.70. The molecule has 0 saturated carbocycles. The van der Waals surface area contributed by atoms with Gasteiger partial charge < -0.3 is 5.11 Å². The van der Waals surface area contributed by atoms with Crippen molar-refractivity contribution >= 4 is 27.3 Å². The average Bonchev–Trinajstić information content (AvgIpc) is 2.47. The molecule has 0 radical (unpaired) electrons. The summed E-state index contributed by atoms with van der Waals surface area (Å²) in [6.07, 6.45) is 2.51. The lowest BCUT2D eigenvalue weighted by Gasteiger charge is -2.31. The number of aliphatic hydroxyl groups is 1. The van der Waals surface area contributed by atoms with Crippen LogP contribution in [0.1, 0.15) is 45.4 Å². The molecule has 0 saturated heterocycles. The molecule has 1 rings (SSSR count). The van der Waals surface area contributed by atoms with Gasteiger partial charge in [0.2, 0.25) is 0 Å². The predicted molar refractivity (Wildman–Crippen MR) is 79.6 cm³/mol. The summed E-state index contributed by atoms with van der Waals surface area (Å²) in [5.41, 5.74) is -0.560. The first kappa shape index (κ1) is 15.2. The van der Waals surface area contributed by atoms with Gasteiger partial charge in [0, 0.05) is 15.8 Å². The molecular formula is C14H23BrOS. The van der Waals surface area contributed by atoms with Crippen molar-refractivity contribution in [3.05, 3.63) is 20.8 Å².